The minimum atomic E-state index is -4.77. The summed E-state index contributed by atoms with van der Waals surface area (Å²) in [4.78, 5) is 11.0. The number of carbonyl (C=O) groups is 1. The molecule has 0 spiro atoms. The first-order valence-corrected chi connectivity index (χ1v) is 5.88. The van der Waals surface area contributed by atoms with Crippen molar-refractivity contribution in [1.29, 1.82) is 5.26 Å². The van der Waals surface area contributed by atoms with E-state index in [4.69, 9.17) is 10.4 Å². The molecule has 0 aliphatic rings. The largest absolute Gasteiger partial charge is 0.478 e. The van der Waals surface area contributed by atoms with Gasteiger partial charge in [-0.15, -0.1) is 0 Å². The maximum absolute atomic E-state index is 14.1. The summed E-state index contributed by atoms with van der Waals surface area (Å²) in [6.45, 7) is 0. The van der Waals surface area contributed by atoms with Gasteiger partial charge in [-0.3, -0.25) is 0 Å². The second-order valence-electron chi connectivity index (χ2n) is 4.38. The number of halogens is 4. The number of alkyl halides is 3. The summed E-state index contributed by atoms with van der Waals surface area (Å²) in [5, 5.41) is 17.7. The van der Waals surface area contributed by atoms with E-state index in [1.165, 1.54) is 18.2 Å². The third-order valence-electron chi connectivity index (χ3n) is 2.94. The lowest BCUT2D eigenvalue weighted by molar-refractivity contribution is -0.137. The molecule has 0 radical (unpaired) electrons. The van der Waals surface area contributed by atoms with Crippen LogP contribution in [0.25, 0.3) is 11.1 Å². The molecule has 0 amide bonds. The number of benzene rings is 2. The van der Waals surface area contributed by atoms with Crippen LogP contribution in [-0.4, -0.2) is 11.1 Å². The fourth-order valence-corrected chi connectivity index (χ4v) is 1.91. The van der Waals surface area contributed by atoms with Crippen LogP contribution in [-0.2, 0) is 6.18 Å². The van der Waals surface area contributed by atoms with Crippen molar-refractivity contribution >= 4 is 5.97 Å². The van der Waals surface area contributed by atoms with Gasteiger partial charge in [-0.25, -0.2) is 9.18 Å². The van der Waals surface area contributed by atoms with Gasteiger partial charge < -0.3 is 5.11 Å². The Balaban J connectivity index is 2.73. The Hall–Kier alpha value is -2.88. The van der Waals surface area contributed by atoms with Crippen molar-refractivity contribution in [3.05, 3.63) is 58.9 Å². The summed E-state index contributed by atoms with van der Waals surface area (Å²) in [6.07, 6.45) is -4.77. The zero-order valence-corrected chi connectivity index (χ0v) is 10.8. The maximum Gasteiger partial charge on any atom is 0.416 e. The van der Waals surface area contributed by atoms with Gasteiger partial charge in [-0.05, 0) is 29.8 Å². The number of rotatable bonds is 2. The van der Waals surface area contributed by atoms with Gasteiger partial charge in [0.1, 0.15) is 11.9 Å². The van der Waals surface area contributed by atoms with Crippen molar-refractivity contribution in [3.8, 4) is 17.2 Å². The monoisotopic (exact) mass is 309 g/mol. The van der Waals surface area contributed by atoms with Crippen molar-refractivity contribution in [3.63, 3.8) is 0 Å². The van der Waals surface area contributed by atoms with Crippen LogP contribution in [0.1, 0.15) is 21.5 Å². The number of nitriles is 1. The molecule has 0 saturated heterocycles. The van der Waals surface area contributed by atoms with Crippen LogP contribution < -0.4 is 0 Å². The molecule has 0 unspecified atom stereocenters. The number of hydrogen-bond acceptors (Lipinski definition) is 2. The van der Waals surface area contributed by atoms with Crippen molar-refractivity contribution in [2.75, 3.05) is 0 Å². The first-order chi connectivity index (χ1) is 10.2. The molecule has 2 aromatic rings. The summed E-state index contributed by atoms with van der Waals surface area (Å²) in [6, 6.07) is 7.27. The highest BCUT2D eigenvalue weighted by Gasteiger charge is 2.32. The molecule has 2 aromatic carbocycles. The van der Waals surface area contributed by atoms with Gasteiger partial charge in [0.2, 0.25) is 0 Å². The van der Waals surface area contributed by atoms with E-state index in [1.54, 1.807) is 6.07 Å². The van der Waals surface area contributed by atoms with Crippen LogP contribution in [0.3, 0.4) is 0 Å². The smallest absolute Gasteiger partial charge is 0.416 e. The number of aromatic carboxylic acids is 1. The Morgan fingerprint density at radius 3 is 2.41 bits per heavy atom. The first-order valence-electron chi connectivity index (χ1n) is 5.88. The molecule has 22 heavy (non-hydrogen) atoms. The van der Waals surface area contributed by atoms with Crippen LogP contribution >= 0.6 is 0 Å². The van der Waals surface area contributed by atoms with Crippen molar-refractivity contribution in [2.45, 2.75) is 6.18 Å². The van der Waals surface area contributed by atoms with Crippen molar-refractivity contribution < 1.29 is 27.5 Å². The standard InChI is InChI=1S/C15H7F4NO2/c16-13-8(7-20)2-1-3-12(13)9-4-10(14(21)22)6-11(5-9)15(17,18)19/h1-6H,(H,21,22). The molecule has 0 aromatic heterocycles. The summed E-state index contributed by atoms with van der Waals surface area (Å²) in [5.74, 6) is -2.56. The molecule has 112 valence electrons. The second kappa shape index (κ2) is 5.48. The van der Waals surface area contributed by atoms with Crippen molar-refractivity contribution in [1.82, 2.24) is 0 Å². The fraction of sp³-hybridized carbons (Fsp3) is 0.0667. The Kier molecular flexibility index (Phi) is 3.87. The SMILES string of the molecule is N#Cc1cccc(-c2cc(C(=O)O)cc(C(F)(F)F)c2)c1F. The van der Waals surface area contributed by atoms with Gasteiger partial charge >= 0.3 is 12.1 Å². The second-order valence-corrected chi connectivity index (χ2v) is 4.38. The molecule has 7 heteroatoms. The number of carboxylic acids is 1. The highest BCUT2D eigenvalue weighted by Crippen LogP contribution is 2.34. The van der Waals surface area contributed by atoms with E-state index in [1.807, 2.05) is 0 Å². The number of hydrogen-bond donors (Lipinski definition) is 1. The lowest BCUT2D eigenvalue weighted by Gasteiger charge is -2.11. The van der Waals surface area contributed by atoms with Crippen LogP contribution in [0.2, 0.25) is 0 Å². The summed E-state index contributed by atoms with van der Waals surface area (Å²) in [5.41, 5.74) is -2.70. The molecule has 0 aliphatic heterocycles. The highest BCUT2D eigenvalue weighted by molar-refractivity contribution is 5.90. The Labute approximate surface area is 122 Å². The van der Waals surface area contributed by atoms with E-state index in [9.17, 15) is 22.4 Å². The van der Waals surface area contributed by atoms with Gasteiger partial charge in [0.05, 0.1) is 16.7 Å². The summed E-state index contributed by atoms with van der Waals surface area (Å²) >= 11 is 0. The highest BCUT2D eigenvalue weighted by atomic mass is 19.4. The number of nitrogens with zero attached hydrogens (tertiary/aromatic N) is 1. The molecule has 1 N–H and O–H groups in total. The quantitative estimate of drug-likeness (QED) is 0.850. The minimum Gasteiger partial charge on any atom is -0.478 e. The van der Waals surface area contributed by atoms with E-state index < -0.39 is 29.1 Å². The van der Waals surface area contributed by atoms with Gasteiger partial charge in [0, 0.05) is 5.56 Å². The topological polar surface area (TPSA) is 61.1 Å². The molecule has 0 saturated carbocycles. The van der Waals surface area contributed by atoms with E-state index >= 15 is 0 Å². The zero-order valence-electron chi connectivity index (χ0n) is 10.8. The molecule has 2 rings (SSSR count). The van der Waals surface area contributed by atoms with Crippen LogP contribution in [0, 0.1) is 17.1 Å². The van der Waals surface area contributed by atoms with E-state index in [2.05, 4.69) is 0 Å². The third-order valence-corrected chi connectivity index (χ3v) is 2.94. The molecule has 0 heterocycles. The molecular formula is C15H7F4NO2. The predicted octanol–water partition coefficient (Wildman–Crippen LogP) is 4.08. The van der Waals surface area contributed by atoms with E-state index in [0.29, 0.717) is 12.1 Å². The Morgan fingerprint density at radius 1 is 1.18 bits per heavy atom. The molecule has 0 aliphatic carbocycles. The van der Waals surface area contributed by atoms with E-state index in [0.717, 1.165) is 6.07 Å². The lowest BCUT2D eigenvalue weighted by Crippen LogP contribution is -2.08. The average molecular weight is 309 g/mol. The van der Waals surface area contributed by atoms with Gasteiger partial charge in [-0.1, -0.05) is 12.1 Å². The summed E-state index contributed by atoms with van der Waals surface area (Å²) in [7, 11) is 0. The van der Waals surface area contributed by atoms with Gasteiger partial charge in [0.25, 0.3) is 0 Å². The molecular weight excluding hydrogens is 302 g/mol. The Bertz CT molecular complexity index is 791. The molecule has 0 fully saturated rings. The maximum atomic E-state index is 14.1. The predicted molar refractivity (Wildman–Crippen MR) is 68.5 cm³/mol. The van der Waals surface area contributed by atoms with E-state index in [-0.39, 0.29) is 16.7 Å². The minimum absolute atomic E-state index is 0.262. The molecule has 0 bridgehead atoms. The third kappa shape index (κ3) is 2.91. The van der Waals surface area contributed by atoms with Gasteiger partial charge in [-0.2, -0.15) is 18.4 Å². The number of carboxylic acid groups (broad SMARTS) is 1. The average Bonchev–Trinajstić information content (AvgIpc) is 2.46. The van der Waals surface area contributed by atoms with Crippen LogP contribution in [0.5, 0.6) is 0 Å². The Morgan fingerprint density at radius 2 is 1.86 bits per heavy atom. The van der Waals surface area contributed by atoms with Gasteiger partial charge in [0.15, 0.2) is 0 Å². The van der Waals surface area contributed by atoms with Crippen LogP contribution in [0.15, 0.2) is 36.4 Å². The molecule has 0 atom stereocenters. The summed E-state index contributed by atoms with van der Waals surface area (Å²) < 4.78 is 52.6. The molecule has 3 nitrogen and oxygen atoms in total. The fourth-order valence-electron chi connectivity index (χ4n) is 1.91. The first kappa shape index (κ1) is 15.5. The van der Waals surface area contributed by atoms with Crippen LogP contribution in [0.4, 0.5) is 17.6 Å². The normalized spacial score (nSPS) is 11.0. The zero-order chi connectivity index (χ0) is 16.5. The van der Waals surface area contributed by atoms with Crippen molar-refractivity contribution in [2.24, 2.45) is 0 Å². The lowest BCUT2D eigenvalue weighted by atomic mass is 9.97.